The first kappa shape index (κ1) is 14.3. The molecular formula is C14H16N2O3S. The highest BCUT2D eigenvalue weighted by Gasteiger charge is 2.12. The molecule has 0 aliphatic rings. The number of anilines is 1. The highest BCUT2D eigenvalue weighted by atomic mass is 32.2. The number of nitrogens with one attached hydrogen (secondary N) is 1. The van der Waals surface area contributed by atoms with Crippen LogP contribution in [-0.4, -0.2) is 26.8 Å². The Hall–Kier alpha value is -2.08. The topological polar surface area (TPSA) is 68.3 Å². The summed E-state index contributed by atoms with van der Waals surface area (Å²) in [6, 6.07) is 10.5. The first-order valence-electron chi connectivity index (χ1n) is 6.02. The zero-order valence-electron chi connectivity index (χ0n) is 11.3. The molecule has 0 fully saturated rings. The molecule has 1 heterocycles. The molecule has 0 amide bonds. The molecule has 1 aromatic carbocycles. The predicted molar refractivity (Wildman–Crippen MR) is 77.7 cm³/mol. The number of aromatic nitrogens is 1. The van der Waals surface area contributed by atoms with Crippen LogP contribution >= 0.6 is 0 Å². The van der Waals surface area contributed by atoms with E-state index in [-0.39, 0.29) is 0 Å². The molecule has 0 spiro atoms. The van der Waals surface area contributed by atoms with Crippen molar-refractivity contribution in [3.8, 4) is 5.88 Å². The number of hydrogen-bond donors (Lipinski definition) is 1. The van der Waals surface area contributed by atoms with Crippen LogP contribution in [0, 0.1) is 0 Å². The predicted octanol–water partition coefficient (Wildman–Crippen LogP) is 2.11. The summed E-state index contributed by atoms with van der Waals surface area (Å²) in [4.78, 5) is 4.32. The molecule has 0 bridgehead atoms. The minimum Gasteiger partial charge on any atom is -0.481 e. The Labute approximate surface area is 118 Å². The van der Waals surface area contributed by atoms with Gasteiger partial charge in [0, 0.05) is 25.1 Å². The van der Waals surface area contributed by atoms with Crippen molar-refractivity contribution in [3.05, 3.63) is 48.2 Å². The average molecular weight is 292 g/mol. The number of sulfone groups is 1. The number of nitrogens with zero attached hydrogens (tertiary/aromatic N) is 1. The molecule has 0 aliphatic carbocycles. The summed E-state index contributed by atoms with van der Waals surface area (Å²) in [7, 11) is -1.70. The van der Waals surface area contributed by atoms with Gasteiger partial charge in [0.1, 0.15) is 0 Å². The third-order valence-electron chi connectivity index (χ3n) is 2.78. The monoisotopic (exact) mass is 292 g/mol. The molecule has 5 nitrogen and oxygen atoms in total. The number of benzene rings is 1. The summed E-state index contributed by atoms with van der Waals surface area (Å²) in [5.41, 5.74) is 1.55. The van der Waals surface area contributed by atoms with Gasteiger partial charge in [-0.25, -0.2) is 13.4 Å². The lowest BCUT2D eigenvalue weighted by atomic mass is 10.2. The number of para-hydroxylation sites is 1. The largest absolute Gasteiger partial charge is 0.481 e. The molecular weight excluding hydrogens is 276 g/mol. The van der Waals surface area contributed by atoms with E-state index in [1.54, 1.807) is 43.6 Å². The molecule has 0 atom stereocenters. The van der Waals surface area contributed by atoms with Crippen LogP contribution in [0.3, 0.4) is 0 Å². The van der Waals surface area contributed by atoms with Crippen LogP contribution in [0.2, 0.25) is 0 Å². The summed E-state index contributed by atoms with van der Waals surface area (Å²) in [5.74, 6) is 0.528. The van der Waals surface area contributed by atoms with Crippen LogP contribution in [0.25, 0.3) is 0 Å². The summed E-state index contributed by atoms with van der Waals surface area (Å²) in [6.07, 6.45) is 2.85. The lowest BCUT2D eigenvalue weighted by molar-refractivity contribution is 0.397. The number of methoxy groups -OCH3 is 1. The maximum Gasteiger partial charge on any atom is 0.213 e. The molecule has 106 valence electrons. The third-order valence-corrected chi connectivity index (χ3v) is 3.93. The zero-order chi connectivity index (χ0) is 14.6. The van der Waals surface area contributed by atoms with Crippen molar-refractivity contribution in [2.24, 2.45) is 0 Å². The van der Waals surface area contributed by atoms with Crippen LogP contribution in [0.5, 0.6) is 5.88 Å². The Morgan fingerprint density at radius 2 is 2.00 bits per heavy atom. The Bertz CT molecular complexity index is 699. The van der Waals surface area contributed by atoms with E-state index < -0.39 is 9.84 Å². The second kappa shape index (κ2) is 5.92. The van der Waals surface area contributed by atoms with Crippen molar-refractivity contribution in [2.75, 3.05) is 18.7 Å². The third kappa shape index (κ3) is 3.48. The van der Waals surface area contributed by atoms with Gasteiger partial charge < -0.3 is 10.1 Å². The molecule has 20 heavy (non-hydrogen) atoms. The van der Waals surface area contributed by atoms with Crippen molar-refractivity contribution < 1.29 is 13.2 Å². The molecule has 0 radical (unpaired) electrons. The smallest absolute Gasteiger partial charge is 0.213 e. The number of pyridine rings is 1. The van der Waals surface area contributed by atoms with Crippen LogP contribution in [0.15, 0.2) is 47.5 Å². The lowest BCUT2D eigenvalue weighted by Gasteiger charge is -2.11. The zero-order valence-corrected chi connectivity index (χ0v) is 12.1. The number of ether oxygens (including phenoxy) is 1. The molecule has 1 N–H and O–H groups in total. The highest BCUT2D eigenvalue weighted by molar-refractivity contribution is 7.90. The Morgan fingerprint density at radius 1 is 1.25 bits per heavy atom. The summed E-state index contributed by atoms with van der Waals surface area (Å²) in [5, 5.41) is 3.12. The van der Waals surface area contributed by atoms with E-state index in [1.807, 2.05) is 6.07 Å². The maximum atomic E-state index is 11.7. The van der Waals surface area contributed by atoms with E-state index in [0.717, 1.165) is 5.56 Å². The van der Waals surface area contributed by atoms with Gasteiger partial charge in [-0.1, -0.05) is 12.1 Å². The van der Waals surface area contributed by atoms with Gasteiger partial charge in [-0.15, -0.1) is 0 Å². The SMILES string of the molecule is COc1cc(CNc2ccccc2S(C)(=O)=O)ccn1. The quantitative estimate of drug-likeness (QED) is 0.914. The normalized spacial score (nSPS) is 11.1. The Kier molecular flexibility index (Phi) is 4.24. The molecule has 2 rings (SSSR count). The molecule has 1 aromatic heterocycles. The van der Waals surface area contributed by atoms with E-state index in [1.165, 1.54) is 6.26 Å². The van der Waals surface area contributed by atoms with Crippen molar-refractivity contribution in [1.82, 2.24) is 4.98 Å². The number of hydrogen-bond acceptors (Lipinski definition) is 5. The van der Waals surface area contributed by atoms with Gasteiger partial charge in [0.2, 0.25) is 5.88 Å². The van der Waals surface area contributed by atoms with Crippen LogP contribution in [0.4, 0.5) is 5.69 Å². The van der Waals surface area contributed by atoms with E-state index >= 15 is 0 Å². The van der Waals surface area contributed by atoms with E-state index in [9.17, 15) is 8.42 Å². The molecule has 0 unspecified atom stereocenters. The number of rotatable bonds is 5. The average Bonchev–Trinajstić information content (AvgIpc) is 2.44. The van der Waals surface area contributed by atoms with Crippen molar-refractivity contribution in [1.29, 1.82) is 0 Å². The molecule has 0 aliphatic heterocycles. The fraction of sp³-hybridized carbons (Fsp3) is 0.214. The standard InChI is InChI=1S/C14H16N2O3S/c1-19-14-9-11(7-8-15-14)10-16-12-5-3-4-6-13(12)20(2,17)18/h3-9,16H,10H2,1-2H3. The Morgan fingerprint density at radius 3 is 2.70 bits per heavy atom. The van der Waals surface area contributed by atoms with E-state index in [2.05, 4.69) is 10.3 Å². The Balaban J connectivity index is 2.19. The first-order chi connectivity index (χ1) is 9.50. The van der Waals surface area contributed by atoms with Gasteiger partial charge in [0.05, 0.1) is 17.7 Å². The van der Waals surface area contributed by atoms with Crippen molar-refractivity contribution >= 4 is 15.5 Å². The lowest BCUT2D eigenvalue weighted by Crippen LogP contribution is -2.06. The van der Waals surface area contributed by atoms with Gasteiger partial charge in [0.25, 0.3) is 0 Å². The van der Waals surface area contributed by atoms with Gasteiger partial charge in [-0.3, -0.25) is 0 Å². The second-order valence-electron chi connectivity index (χ2n) is 4.33. The van der Waals surface area contributed by atoms with Crippen LogP contribution < -0.4 is 10.1 Å². The van der Waals surface area contributed by atoms with E-state index in [0.29, 0.717) is 23.0 Å². The molecule has 0 saturated carbocycles. The van der Waals surface area contributed by atoms with Gasteiger partial charge in [-0.2, -0.15) is 0 Å². The first-order valence-corrected chi connectivity index (χ1v) is 7.92. The molecule has 6 heteroatoms. The van der Waals surface area contributed by atoms with Crippen LogP contribution in [0.1, 0.15) is 5.56 Å². The fourth-order valence-corrected chi connectivity index (χ4v) is 2.67. The van der Waals surface area contributed by atoms with Crippen LogP contribution in [-0.2, 0) is 16.4 Å². The van der Waals surface area contributed by atoms with Crippen molar-refractivity contribution in [3.63, 3.8) is 0 Å². The van der Waals surface area contributed by atoms with Gasteiger partial charge in [0.15, 0.2) is 9.84 Å². The second-order valence-corrected chi connectivity index (χ2v) is 6.31. The van der Waals surface area contributed by atoms with E-state index in [4.69, 9.17) is 4.74 Å². The van der Waals surface area contributed by atoms with Crippen molar-refractivity contribution in [2.45, 2.75) is 11.4 Å². The minimum absolute atomic E-state index is 0.293. The maximum absolute atomic E-state index is 11.7. The summed E-state index contributed by atoms with van der Waals surface area (Å²) in [6.45, 7) is 0.491. The van der Waals surface area contributed by atoms with Gasteiger partial charge in [-0.05, 0) is 23.8 Å². The molecule has 0 saturated heterocycles. The summed E-state index contributed by atoms with van der Waals surface area (Å²) < 4.78 is 28.4. The fourth-order valence-electron chi connectivity index (χ4n) is 1.81. The summed E-state index contributed by atoms with van der Waals surface area (Å²) >= 11 is 0. The minimum atomic E-state index is -3.25. The van der Waals surface area contributed by atoms with Gasteiger partial charge >= 0.3 is 0 Å². The molecule has 2 aromatic rings. The highest BCUT2D eigenvalue weighted by Crippen LogP contribution is 2.21.